The van der Waals surface area contributed by atoms with E-state index >= 15 is 0 Å². The Bertz CT molecular complexity index is 583. The third kappa shape index (κ3) is 3.93. The molecule has 0 spiro atoms. The fourth-order valence-electron chi connectivity index (χ4n) is 3.09. The smallest absolute Gasteiger partial charge is 0.0645 e. The Morgan fingerprint density at radius 3 is 2.59 bits per heavy atom. The van der Waals surface area contributed by atoms with Crippen LogP contribution in [-0.2, 0) is 6.54 Å². The van der Waals surface area contributed by atoms with Crippen LogP contribution in [0.3, 0.4) is 0 Å². The van der Waals surface area contributed by atoms with Gasteiger partial charge in [-0.1, -0.05) is 17.7 Å². The monoisotopic (exact) mass is 315 g/mol. The minimum Gasteiger partial charge on any atom is -0.299 e. The second-order valence-corrected chi connectivity index (χ2v) is 7.21. The first-order valence-corrected chi connectivity index (χ1v) is 9.46. The Morgan fingerprint density at radius 1 is 1.18 bits per heavy atom. The Hall–Kier alpha value is -1.26. The molecule has 1 aliphatic heterocycles. The van der Waals surface area contributed by atoms with Crippen LogP contribution < -0.4 is 0 Å². The van der Waals surface area contributed by atoms with E-state index in [0.29, 0.717) is 0 Å². The Morgan fingerprint density at radius 2 is 1.91 bits per heavy atom. The van der Waals surface area contributed by atoms with Crippen molar-refractivity contribution in [2.24, 2.45) is 5.92 Å². The number of likely N-dealkylation sites (tertiary alicyclic amines) is 1. The van der Waals surface area contributed by atoms with Gasteiger partial charge in [-0.05, 0) is 62.9 Å². The van der Waals surface area contributed by atoms with Crippen molar-refractivity contribution in [2.75, 3.05) is 25.1 Å². The highest BCUT2D eigenvalue weighted by atomic mass is 32.2. The van der Waals surface area contributed by atoms with Gasteiger partial charge in [-0.2, -0.15) is 16.9 Å². The van der Waals surface area contributed by atoms with Crippen LogP contribution in [-0.4, -0.2) is 39.8 Å². The van der Waals surface area contributed by atoms with E-state index in [1.165, 1.54) is 42.8 Å². The number of rotatable bonds is 5. The summed E-state index contributed by atoms with van der Waals surface area (Å²) in [6.07, 6.45) is 9.07. The zero-order valence-electron chi connectivity index (χ0n) is 13.5. The average molecular weight is 315 g/mol. The van der Waals surface area contributed by atoms with Crippen LogP contribution in [0.15, 0.2) is 36.7 Å². The summed E-state index contributed by atoms with van der Waals surface area (Å²) in [5.74, 6) is 2.24. The third-order valence-corrected chi connectivity index (χ3v) is 5.26. The first kappa shape index (κ1) is 15.6. The largest absolute Gasteiger partial charge is 0.299 e. The van der Waals surface area contributed by atoms with Crippen LogP contribution in [0, 0.1) is 12.8 Å². The normalized spacial score (nSPS) is 17.0. The molecule has 1 aromatic carbocycles. The minimum absolute atomic E-state index is 0.918. The van der Waals surface area contributed by atoms with E-state index in [1.807, 2.05) is 22.6 Å². The lowest BCUT2D eigenvalue weighted by molar-refractivity contribution is 0.187. The fraction of sp³-hybridized carbons (Fsp3) is 0.500. The number of hydrogen-bond acceptors (Lipinski definition) is 3. The van der Waals surface area contributed by atoms with E-state index in [-0.39, 0.29) is 0 Å². The molecule has 0 saturated carbocycles. The number of hydrogen-bond donors (Lipinski definition) is 0. The zero-order chi connectivity index (χ0) is 15.4. The maximum atomic E-state index is 4.51. The summed E-state index contributed by atoms with van der Waals surface area (Å²) in [5.41, 5.74) is 3.73. The lowest BCUT2D eigenvalue weighted by atomic mass is 9.99. The van der Waals surface area contributed by atoms with Gasteiger partial charge in [0, 0.05) is 18.3 Å². The van der Waals surface area contributed by atoms with Gasteiger partial charge in [0.2, 0.25) is 0 Å². The highest BCUT2D eigenvalue weighted by Gasteiger charge is 2.19. The van der Waals surface area contributed by atoms with Crippen LogP contribution in [0.5, 0.6) is 0 Å². The molecule has 0 aliphatic carbocycles. The molecule has 118 valence electrons. The molecule has 0 N–H and O–H groups in total. The van der Waals surface area contributed by atoms with Gasteiger partial charge in [-0.3, -0.25) is 4.90 Å². The lowest BCUT2D eigenvalue weighted by Gasteiger charge is -2.31. The highest BCUT2D eigenvalue weighted by molar-refractivity contribution is 7.98. The van der Waals surface area contributed by atoms with Crippen LogP contribution in [0.25, 0.3) is 5.69 Å². The maximum absolute atomic E-state index is 4.51. The van der Waals surface area contributed by atoms with Crippen molar-refractivity contribution in [3.8, 4) is 5.69 Å². The lowest BCUT2D eigenvalue weighted by Crippen LogP contribution is -2.33. The molecule has 2 aromatic rings. The molecule has 2 heterocycles. The van der Waals surface area contributed by atoms with Gasteiger partial charge in [0.05, 0.1) is 11.9 Å². The molecule has 0 radical (unpaired) electrons. The molecule has 1 aromatic heterocycles. The van der Waals surface area contributed by atoms with Crippen LogP contribution in [0.1, 0.15) is 24.0 Å². The summed E-state index contributed by atoms with van der Waals surface area (Å²) < 4.78 is 1.98. The molecule has 0 amide bonds. The second kappa shape index (κ2) is 7.34. The van der Waals surface area contributed by atoms with Gasteiger partial charge in [-0.25, -0.2) is 4.68 Å². The molecular formula is C18H25N3S. The van der Waals surface area contributed by atoms with Crippen molar-refractivity contribution in [1.82, 2.24) is 14.7 Å². The Balaban J connectivity index is 1.57. The first-order chi connectivity index (χ1) is 10.7. The quantitative estimate of drug-likeness (QED) is 0.838. The average Bonchev–Trinajstić information content (AvgIpc) is 2.99. The summed E-state index contributed by atoms with van der Waals surface area (Å²) in [6, 6.07) is 8.51. The van der Waals surface area contributed by atoms with E-state index < -0.39 is 0 Å². The van der Waals surface area contributed by atoms with Crippen LogP contribution >= 0.6 is 11.8 Å². The molecule has 1 fully saturated rings. The molecule has 0 atom stereocenters. The van der Waals surface area contributed by atoms with Gasteiger partial charge in [0.25, 0.3) is 0 Å². The number of benzene rings is 1. The summed E-state index contributed by atoms with van der Waals surface area (Å²) >= 11 is 1.98. The molecule has 1 aliphatic rings. The van der Waals surface area contributed by atoms with Crippen molar-refractivity contribution in [1.29, 1.82) is 0 Å². The molecule has 1 saturated heterocycles. The molecule has 3 nitrogen and oxygen atoms in total. The zero-order valence-corrected chi connectivity index (χ0v) is 14.4. The second-order valence-electron chi connectivity index (χ2n) is 6.30. The van der Waals surface area contributed by atoms with E-state index in [2.05, 4.69) is 53.6 Å². The molecule has 4 heteroatoms. The van der Waals surface area contributed by atoms with Crippen molar-refractivity contribution in [3.63, 3.8) is 0 Å². The molecule has 0 bridgehead atoms. The van der Waals surface area contributed by atoms with Gasteiger partial charge in [0.15, 0.2) is 0 Å². The highest BCUT2D eigenvalue weighted by Crippen LogP contribution is 2.22. The van der Waals surface area contributed by atoms with E-state index in [0.717, 1.165) is 18.2 Å². The van der Waals surface area contributed by atoms with Crippen LogP contribution in [0.2, 0.25) is 0 Å². The van der Waals surface area contributed by atoms with Crippen molar-refractivity contribution >= 4 is 11.8 Å². The number of aromatic nitrogens is 2. The maximum Gasteiger partial charge on any atom is 0.0645 e. The topological polar surface area (TPSA) is 21.1 Å². The number of nitrogens with zero attached hydrogens (tertiary/aromatic N) is 3. The van der Waals surface area contributed by atoms with Gasteiger partial charge in [0.1, 0.15) is 0 Å². The third-order valence-electron chi connectivity index (χ3n) is 4.45. The van der Waals surface area contributed by atoms with E-state index in [4.69, 9.17) is 0 Å². The molecule has 22 heavy (non-hydrogen) atoms. The predicted molar refractivity (Wildman–Crippen MR) is 94.7 cm³/mol. The predicted octanol–water partition coefficient (Wildman–Crippen LogP) is 3.76. The Labute approximate surface area is 137 Å². The standard InChI is InChI=1S/C18H25N3S/c1-15-3-5-18(6-4-15)21-13-17(11-19-21)12-20-9-7-16(8-10-20)14-22-2/h3-6,11,13,16H,7-10,12,14H2,1-2H3. The van der Waals surface area contributed by atoms with Crippen molar-refractivity contribution in [3.05, 3.63) is 47.8 Å². The van der Waals surface area contributed by atoms with Crippen molar-refractivity contribution in [2.45, 2.75) is 26.3 Å². The number of piperidine rings is 1. The first-order valence-electron chi connectivity index (χ1n) is 8.06. The molecular weight excluding hydrogens is 290 g/mol. The number of aryl methyl sites for hydroxylation is 1. The summed E-state index contributed by atoms with van der Waals surface area (Å²) in [6.45, 7) is 5.58. The minimum atomic E-state index is 0.918. The summed E-state index contributed by atoms with van der Waals surface area (Å²) in [4.78, 5) is 2.56. The van der Waals surface area contributed by atoms with Gasteiger partial charge < -0.3 is 0 Å². The SMILES string of the molecule is CSCC1CCN(Cc2cnn(-c3ccc(C)cc3)c2)CC1. The van der Waals surface area contributed by atoms with E-state index in [1.54, 1.807) is 0 Å². The fourth-order valence-corrected chi connectivity index (χ4v) is 3.89. The summed E-state index contributed by atoms with van der Waals surface area (Å²) in [5, 5.41) is 4.51. The molecule has 3 rings (SSSR count). The molecule has 0 unspecified atom stereocenters. The number of thioether (sulfide) groups is 1. The van der Waals surface area contributed by atoms with Crippen LogP contribution in [0.4, 0.5) is 0 Å². The van der Waals surface area contributed by atoms with Crippen molar-refractivity contribution < 1.29 is 0 Å². The van der Waals surface area contributed by atoms with E-state index in [9.17, 15) is 0 Å². The van der Waals surface area contributed by atoms with Gasteiger partial charge in [-0.15, -0.1) is 0 Å². The Kier molecular flexibility index (Phi) is 5.21. The summed E-state index contributed by atoms with van der Waals surface area (Å²) in [7, 11) is 0. The van der Waals surface area contributed by atoms with Gasteiger partial charge >= 0.3 is 0 Å².